The molecule has 0 aliphatic carbocycles. The van der Waals surface area contributed by atoms with Crippen LogP contribution in [0.4, 0.5) is 0 Å². The average molecular weight is 321 g/mol. The van der Waals surface area contributed by atoms with E-state index in [1.165, 1.54) is 38.1 Å². The molecule has 0 aromatic heterocycles. The van der Waals surface area contributed by atoms with Gasteiger partial charge in [-0.3, -0.25) is 0 Å². The van der Waals surface area contributed by atoms with E-state index >= 15 is 0 Å². The van der Waals surface area contributed by atoms with Crippen LogP contribution in [0.25, 0.3) is 0 Å². The predicted molar refractivity (Wildman–Crippen MR) is 84.3 cm³/mol. The van der Waals surface area contributed by atoms with E-state index in [-0.39, 0.29) is 6.61 Å². The lowest BCUT2D eigenvalue weighted by atomic mass is 10.1. The van der Waals surface area contributed by atoms with Gasteiger partial charge in [0.25, 0.3) is 0 Å². The first-order chi connectivity index (χ1) is 9.52. The number of carbonyl (C=O) groups excluding carboxylic acids is 2. The van der Waals surface area contributed by atoms with Crippen molar-refractivity contribution in [1.29, 1.82) is 0 Å². The van der Waals surface area contributed by atoms with Gasteiger partial charge in [0.15, 0.2) is 4.32 Å². The zero-order valence-electron chi connectivity index (χ0n) is 12.3. The quantitative estimate of drug-likeness (QED) is 0.235. The SMILES string of the molecule is CCCCCCCCOC(=O)C(=O)ON(C)C(=S)SC. The Balaban J connectivity index is 3.70. The summed E-state index contributed by atoms with van der Waals surface area (Å²) >= 11 is 6.14. The van der Waals surface area contributed by atoms with E-state index in [0.717, 1.165) is 24.3 Å². The van der Waals surface area contributed by atoms with Crippen LogP contribution in [-0.2, 0) is 19.2 Å². The topological polar surface area (TPSA) is 55.8 Å². The summed E-state index contributed by atoms with van der Waals surface area (Å²) in [6.45, 7) is 2.41. The van der Waals surface area contributed by atoms with Gasteiger partial charge < -0.3 is 9.57 Å². The van der Waals surface area contributed by atoms with Gasteiger partial charge in [-0.05, 0) is 24.9 Å². The summed E-state index contributed by atoms with van der Waals surface area (Å²) < 4.78 is 5.20. The van der Waals surface area contributed by atoms with Crippen molar-refractivity contribution < 1.29 is 19.2 Å². The summed E-state index contributed by atoms with van der Waals surface area (Å²) in [5.74, 6) is -2.02. The zero-order chi connectivity index (χ0) is 15.4. The lowest BCUT2D eigenvalue weighted by molar-refractivity contribution is -0.183. The molecule has 0 rings (SSSR count). The maximum absolute atomic E-state index is 11.4. The smallest absolute Gasteiger partial charge is 0.441 e. The Bertz CT molecular complexity index is 323. The molecule has 0 saturated carbocycles. The van der Waals surface area contributed by atoms with Crippen molar-refractivity contribution >= 4 is 40.2 Å². The second-order valence-corrected chi connectivity index (χ2v) is 5.69. The van der Waals surface area contributed by atoms with E-state index in [0.29, 0.717) is 4.32 Å². The van der Waals surface area contributed by atoms with E-state index in [2.05, 4.69) is 6.92 Å². The van der Waals surface area contributed by atoms with Crippen LogP contribution in [0.3, 0.4) is 0 Å². The summed E-state index contributed by atoms with van der Waals surface area (Å²) in [5, 5.41) is 1.08. The first-order valence-electron chi connectivity index (χ1n) is 6.73. The number of thioether (sulfide) groups is 1. The molecule has 7 heteroatoms. The third-order valence-electron chi connectivity index (χ3n) is 2.55. The molecule has 0 N–H and O–H groups in total. The minimum atomic E-state index is -1.05. The molecule has 0 amide bonds. The zero-order valence-corrected chi connectivity index (χ0v) is 14.0. The summed E-state index contributed by atoms with van der Waals surface area (Å²) in [4.78, 5) is 27.5. The van der Waals surface area contributed by atoms with Gasteiger partial charge >= 0.3 is 11.9 Å². The van der Waals surface area contributed by atoms with Crippen LogP contribution in [0.2, 0.25) is 0 Å². The Kier molecular flexibility index (Phi) is 11.5. The lowest BCUT2D eigenvalue weighted by Gasteiger charge is -2.16. The molecule has 5 nitrogen and oxygen atoms in total. The van der Waals surface area contributed by atoms with Crippen molar-refractivity contribution in [2.24, 2.45) is 0 Å². The van der Waals surface area contributed by atoms with E-state index < -0.39 is 11.9 Å². The van der Waals surface area contributed by atoms with Gasteiger partial charge in [0, 0.05) is 7.05 Å². The summed E-state index contributed by atoms with van der Waals surface area (Å²) in [6, 6.07) is 0. The van der Waals surface area contributed by atoms with Crippen LogP contribution in [0, 0.1) is 0 Å². The second kappa shape index (κ2) is 12.0. The van der Waals surface area contributed by atoms with Crippen LogP contribution >= 0.6 is 24.0 Å². The number of nitrogens with zero attached hydrogens (tertiary/aromatic N) is 1. The van der Waals surface area contributed by atoms with Crippen molar-refractivity contribution in [2.45, 2.75) is 45.4 Å². The molecule has 0 aliphatic rings. The second-order valence-electron chi connectivity index (χ2n) is 4.25. The standard InChI is InChI=1S/C13H23NO4S2/c1-4-5-6-7-8-9-10-17-11(15)12(16)18-14(2)13(19)20-3/h4-10H2,1-3H3. The highest BCUT2D eigenvalue weighted by molar-refractivity contribution is 8.22. The highest BCUT2D eigenvalue weighted by atomic mass is 32.2. The number of carbonyl (C=O) groups is 2. The van der Waals surface area contributed by atoms with Crippen molar-refractivity contribution in [1.82, 2.24) is 5.06 Å². The number of hydrogen-bond acceptors (Lipinski definition) is 6. The number of hydrogen-bond donors (Lipinski definition) is 0. The van der Waals surface area contributed by atoms with Crippen LogP contribution in [-0.4, -0.2) is 41.2 Å². The molecule has 0 radical (unpaired) electrons. The van der Waals surface area contributed by atoms with E-state index in [1.807, 2.05) is 0 Å². The third kappa shape index (κ3) is 9.14. The number of unbranched alkanes of at least 4 members (excludes halogenated alkanes) is 5. The molecule has 0 heterocycles. The van der Waals surface area contributed by atoms with E-state index in [9.17, 15) is 9.59 Å². The monoisotopic (exact) mass is 321 g/mol. The van der Waals surface area contributed by atoms with E-state index in [4.69, 9.17) is 21.8 Å². The predicted octanol–water partition coefficient (Wildman–Crippen LogP) is 2.93. The summed E-state index contributed by atoms with van der Waals surface area (Å²) in [7, 11) is 1.47. The molecule has 0 atom stereocenters. The molecule has 0 bridgehead atoms. The fourth-order valence-corrected chi connectivity index (χ4v) is 1.77. The fourth-order valence-electron chi connectivity index (χ4n) is 1.43. The van der Waals surface area contributed by atoms with Crippen LogP contribution in [0.5, 0.6) is 0 Å². The minimum Gasteiger partial charge on any atom is -0.457 e. The normalized spacial score (nSPS) is 9.95. The van der Waals surface area contributed by atoms with Crippen LogP contribution in [0.1, 0.15) is 45.4 Å². The molecule has 0 aromatic rings. The van der Waals surface area contributed by atoms with Crippen molar-refractivity contribution in [3.63, 3.8) is 0 Å². The lowest BCUT2D eigenvalue weighted by Crippen LogP contribution is -2.31. The molecule has 0 saturated heterocycles. The molecular formula is C13H23NO4S2. The summed E-state index contributed by atoms with van der Waals surface area (Å²) in [5.41, 5.74) is 0. The molecular weight excluding hydrogens is 298 g/mol. The van der Waals surface area contributed by atoms with Gasteiger partial charge in [0.1, 0.15) is 0 Å². The molecule has 0 unspecified atom stereocenters. The molecule has 0 fully saturated rings. The van der Waals surface area contributed by atoms with Crippen LogP contribution in [0.15, 0.2) is 0 Å². The first kappa shape index (κ1) is 19.2. The Morgan fingerprint density at radius 2 is 1.70 bits per heavy atom. The maximum Gasteiger partial charge on any atom is 0.441 e. The van der Waals surface area contributed by atoms with Gasteiger partial charge in [-0.15, -0.1) is 0 Å². The Morgan fingerprint density at radius 1 is 1.10 bits per heavy atom. The van der Waals surface area contributed by atoms with Crippen molar-refractivity contribution in [3.05, 3.63) is 0 Å². The Hall–Kier alpha value is -0.820. The van der Waals surface area contributed by atoms with Crippen molar-refractivity contribution in [3.8, 4) is 0 Å². The largest absolute Gasteiger partial charge is 0.457 e. The summed E-state index contributed by atoms with van der Waals surface area (Å²) in [6.07, 6.45) is 8.27. The van der Waals surface area contributed by atoms with Gasteiger partial charge in [0.05, 0.1) is 6.61 Å². The molecule has 0 aromatic carbocycles. The number of ether oxygens (including phenoxy) is 1. The number of thiocarbonyl (C=S) groups is 1. The number of rotatable bonds is 7. The Labute approximate surface area is 130 Å². The average Bonchev–Trinajstić information content (AvgIpc) is 2.44. The highest BCUT2D eigenvalue weighted by Crippen LogP contribution is 2.06. The number of hydroxylamine groups is 2. The van der Waals surface area contributed by atoms with Gasteiger partial charge in [-0.2, -0.15) is 5.06 Å². The molecule has 0 aliphatic heterocycles. The minimum absolute atomic E-state index is 0.247. The fraction of sp³-hybridized carbons (Fsp3) is 0.769. The van der Waals surface area contributed by atoms with Crippen molar-refractivity contribution in [2.75, 3.05) is 19.9 Å². The molecule has 116 valence electrons. The molecule has 0 spiro atoms. The first-order valence-corrected chi connectivity index (χ1v) is 8.37. The van der Waals surface area contributed by atoms with E-state index in [1.54, 1.807) is 6.26 Å². The Morgan fingerprint density at radius 3 is 2.30 bits per heavy atom. The third-order valence-corrected chi connectivity index (χ3v) is 3.91. The maximum atomic E-state index is 11.4. The highest BCUT2D eigenvalue weighted by Gasteiger charge is 2.20. The number of esters is 1. The van der Waals surface area contributed by atoms with Gasteiger partial charge in [0.2, 0.25) is 0 Å². The van der Waals surface area contributed by atoms with Gasteiger partial charge in [-0.1, -0.05) is 50.8 Å². The van der Waals surface area contributed by atoms with Gasteiger partial charge in [-0.25, -0.2) is 9.59 Å². The van der Waals surface area contributed by atoms with Crippen LogP contribution < -0.4 is 0 Å². The molecule has 20 heavy (non-hydrogen) atoms.